The summed E-state index contributed by atoms with van der Waals surface area (Å²) in [5.74, 6) is 0.638. The SMILES string of the molecule is CC1=CC2=C(C=CC=CC2c2ccccc2)[CH]1[Zr+2](=[SiH]Cc1ccccc1)[CH]1C(C)=CC2=C1C=CC=CC2c1ccccc1.[Cl-].[Cl-]. The third-order valence-electron chi connectivity index (χ3n) is 9.42. The van der Waals surface area contributed by atoms with Crippen LogP contribution in [0.3, 0.4) is 0 Å². The van der Waals surface area contributed by atoms with E-state index in [-0.39, 0.29) is 24.8 Å². The zero-order valence-electron chi connectivity index (χ0n) is 25.8. The molecule has 4 heteroatoms. The summed E-state index contributed by atoms with van der Waals surface area (Å²) in [7, 11) is 0. The second kappa shape index (κ2) is 15.2. The Labute approximate surface area is 290 Å². The molecule has 0 heterocycles. The van der Waals surface area contributed by atoms with Crippen LogP contribution in [0.5, 0.6) is 0 Å². The molecule has 4 atom stereocenters. The van der Waals surface area contributed by atoms with Gasteiger partial charge in [0.05, 0.1) is 0 Å². The molecule has 45 heavy (non-hydrogen) atoms. The average Bonchev–Trinajstić information content (AvgIpc) is 3.34. The molecule has 0 saturated heterocycles. The summed E-state index contributed by atoms with van der Waals surface area (Å²) >= 11 is -2.24. The summed E-state index contributed by atoms with van der Waals surface area (Å²) in [5, 5.41) is 0. The van der Waals surface area contributed by atoms with E-state index >= 15 is 0 Å². The molecule has 4 unspecified atom stereocenters. The Hall–Kier alpha value is -2.74. The zero-order valence-corrected chi connectivity index (χ0v) is 30.9. The molecule has 0 aromatic heterocycles. The standard InChI is InChI=1S/2C17H15.C7H8Si.2ClH.Zr/c2*1-13-11-15-9-5-6-10-16(17(15)12-13)14-7-3-2-4-8-14;8-6-7-4-2-1-3-5-7;;;/h2*2-12,16H,1H3;1-5,8H,6H2;2*1H;/q;;;;;+2/p-2. The monoisotopic (exact) mass is 718 g/mol. The Morgan fingerprint density at radius 3 is 1.40 bits per heavy atom. The van der Waals surface area contributed by atoms with Crippen molar-refractivity contribution in [2.75, 3.05) is 0 Å². The molecule has 0 nitrogen and oxygen atoms in total. The van der Waals surface area contributed by atoms with Gasteiger partial charge in [-0.3, -0.25) is 0 Å². The van der Waals surface area contributed by atoms with Crippen LogP contribution in [0.25, 0.3) is 0 Å². The van der Waals surface area contributed by atoms with Crippen molar-refractivity contribution in [2.45, 2.75) is 39.0 Å². The summed E-state index contributed by atoms with van der Waals surface area (Å²) in [5.41, 5.74) is 13.8. The first-order chi connectivity index (χ1) is 21.2. The maximum absolute atomic E-state index is 2.58. The van der Waals surface area contributed by atoms with Gasteiger partial charge in [-0.25, -0.2) is 0 Å². The number of benzene rings is 3. The smallest absolute Gasteiger partial charge is 1.00 e. The minimum Gasteiger partial charge on any atom is -1.00 e. The van der Waals surface area contributed by atoms with Crippen molar-refractivity contribution in [1.29, 1.82) is 0 Å². The van der Waals surface area contributed by atoms with Crippen molar-refractivity contribution in [3.63, 3.8) is 0 Å². The van der Waals surface area contributed by atoms with E-state index in [9.17, 15) is 0 Å². The van der Waals surface area contributed by atoms with Gasteiger partial charge in [0.25, 0.3) is 0 Å². The van der Waals surface area contributed by atoms with Crippen LogP contribution in [-0.4, -0.2) is 6.16 Å². The number of hydrogen-bond donors (Lipinski definition) is 0. The number of allylic oxidation sites excluding steroid dienone is 16. The molecule has 224 valence electrons. The van der Waals surface area contributed by atoms with E-state index < -0.39 is 20.4 Å². The topological polar surface area (TPSA) is 0 Å². The molecule has 0 amide bonds. The quantitative estimate of drug-likeness (QED) is 0.338. The van der Waals surface area contributed by atoms with E-state index in [0.29, 0.717) is 25.2 Å². The van der Waals surface area contributed by atoms with E-state index in [1.54, 1.807) is 22.3 Å². The average molecular weight is 721 g/mol. The summed E-state index contributed by atoms with van der Waals surface area (Å²) in [4.78, 5) is 0. The van der Waals surface area contributed by atoms with Gasteiger partial charge >= 0.3 is 267 Å². The number of rotatable bonds is 6. The van der Waals surface area contributed by atoms with Gasteiger partial charge in [0.1, 0.15) is 0 Å². The first kappa shape index (κ1) is 33.6. The molecule has 4 aliphatic rings. The van der Waals surface area contributed by atoms with Gasteiger partial charge in [0, 0.05) is 0 Å². The van der Waals surface area contributed by atoms with Crippen LogP contribution in [0.4, 0.5) is 0 Å². The van der Waals surface area contributed by atoms with Crippen molar-refractivity contribution in [3.8, 4) is 0 Å². The third-order valence-corrected chi connectivity index (χ3v) is 26.5. The van der Waals surface area contributed by atoms with E-state index in [4.69, 9.17) is 0 Å². The van der Waals surface area contributed by atoms with Crippen LogP contribution in [0.15, 0.2) is 185 Å². The predicted octanol–water partition coefficient (Wildman–Crippen LogP) is 4.07. The van der Waals surface area contributed by atoms with Gasteiger partial charge in [0.2, 0.25) is 0 Å². The first-order valence-electron chi connectivity index (χ1n) is 15.6. The molecule has 0 fully saturated rings. The van der Waals surface area contributed by atoms with Crippen molar-refractivity contribution >= 4 is 6.16 Å². The Morgan fingerprint density at radius 2 is 0.956 bits per heavy atom. The second-order valence-corrected chi connectivity index (χ2v) is 25.2. The molecule has 7 rings (SSSR count). The molecular formula is C41H38Cl2SiZr. The summed E-state index contributed by atoms with van der Waals surface area (Å²) in [6.45, 7) is 4.89. The van der Waals surface area contributed by atoms with E-state index in [2.05, 4.69) is 166 Å². The summed E-state index contributed by atoms with van der Waals surface area (Å²) in [6, 6.07) is 34.8. The number of hydrogen-bond acceptors (Lipinski definition) is 0. The molecule has 0 N–H and O–H groups in total. The van der Waals surface area contributed by atoms with Gasteiger partial charge in [-0.1, -0.05) is 0 Å². The molecule has 0 saturated carbocycles. The van der Waals surface area contributed by atoms with Crippen molar-refractivity contribution < 1.29 is 45.2 Å². The summed E-state index contributed by atoms with van der Waals surface area (Å²) in [6.07, 6.45) is 24.5. The molecule has 0 aliphatic heterocycles. The maximum atomic E-state index is 2.58. The second-order valence-electron chi connectivity index (χ2n) is 12.1. The van der Waals surface area contributed by atoms with Gasteiger partial charge in [-0.2, -0.15) is 0 Å². The first-order valence-corrected chi connectivity index (χ1v) is 24.1. The minimum atomic E-state index is -2.24. The zero-order chi connectivity index (χ0) is 29.2. The largest absolute Gasteiger partial charge is 1.00 e. The Bertz CT molecular complexity index is 1690. The Kier molecular flexibility index (Phi) is 11.4. The molecule has 0 radical (unpaired) electrons. The fraction of sp³-hybridized carbons (Fsp3) is 0.171. The Balaban J connectivity index is 0.00000200. The molecule has 3 aromatic rings. The molecular weight excluding hydrogens is 683 g/mol. The predicted molar refractivity (Wildman–Crippen MR) is 181 cm³/mol. The molecule has 0 bridgehead atoms. The Morgan fingerprint density at radius 1 is 0.533 bits per heavy atom. The fourth-order valence-corrected chi connectivity index (χ4v) is 27.8. The molecule has 0 spiro atoms. The van der Waals surface area contributed by atoms with Gasteiger partial charge in [0.15, 0.2) is 0 Å². The van der Waals surface area contributed by atoms with Crippen LogP contribution < -0.4 is 24.8 Å². The van der Waals surface area contributed by atoms with E-state index in [0.717, 1.165) is 0 Å². The normalized spacial score (nSPS) is 22.6. The number of halogens is 2. The van der Waals surface area contributed by atoms with Crippen molar-refractivity contribution in [1.82, 2.24) is 0 Å². The maximum Gasteiger partial charge on any atom is -1.00 e. The van der Waals surface area contributed by atoms with Crippen LogP contribution in [0.1, 0.15) is 42.4 Å². The fourth-order valence-electron chi connectivity index (χ4n) is 7.49. The van der Waals surface area contributed by atoms with E-state index in [1.165, 1.54) is 33.9 Å². The van der Waals surface area contributed by atoms with Crippen molar-refractivity contribution in [3.05, 3.63) is 202 Å². The minimum absolute atomic E-state index is 0. The van der Waals surface area contributed by atoms with Gasteiger partial charge in [-0.15, -0.1) is 0 Å². The van der Waals surface area contributed by atoms with Crippen LogP contribution >= 0.6 is 0 Å². The molecule has 3 aromatic carbocycles. The van der Waals surface area contributed by atoms with E-state index in [1.807, 2.05) is 0 Å². The third kappa shape index (κ3) is 6.86. The van der Waals surface area contributed by atoms with Crippen molar-refractivity contribution in [2.24, 2.45) is 0 Å². The summed E-state index contributed by atoms with van der Waals surface area (Å²) < 4.78 is 1.22. The van der Waals surface area contributed by atoms with Crippen LogP contribution in [-0.2, 0) is 26.4 Å². The van der Waals surface area contributed by atoms with Gasteiger partial charge < -0.3 is 24.8 Å². The van der Waals surface area contributed by atoms with Gasteiger partial charge in [-0.05, 0) is 0 Å². The van der Waals surface area contributed by atoms with Crippen LogP contribution in [0, 0.1) is 0 Å². The van der Waals surface area contributed by atoms with Crippen LogP contribution in [0.2, 0.25) is 7.25 Å². The molecule has 4 aliphatic carbocycles.